The van der Waals surface area contributed by atoms with E-state index in [4.69, 9.17) is 0 Å². The first kappa shape index (κ1) is 17.7. The molecule has 1 aromatic heterocycles. The first-order chi connectivity index (χ1) is 11.2. The van der Waals surface area contributed by atoms with E-state index in [0.717, 1.165) is 37.1 Å². The topological polar surface area (TPSA) is 52.6 Å². The van der Waals surface area contributed by atoms with Crippen molar-refractivity contribution in [3.8, 4) is 0 Å². The summed E-state index contributed by atoms with van der Waals surface area (Å²) >= 11 is 0. The van der Waals surface area contributed by atoms with Gasteiger partial charge in [0.25, 0.3) is 0 Å². The van der Waals surface area contributed by atoms with Crippen molar-refractivity contribution in [3.63, 3.8) is 0 Å². The minimum atomic E-state index is 0.631. The van der Waals surface area contributed by atoms with Gasteiger partial charge in [-0.2, -0.15) is 0 Å². The van der Waals surface area contributed by atoms with Crippen LogP contribution < -0.4 is 10.6 Å². The van der Waals surface area contributed by atoms with Crippen LogP contribution in [0.5, 0.6) is 0 Å². The fourth-order valence-electron chi connectivity index (χ4n) is 3.13. The number of likely N-dealkylation sites (tertiary alicyclic amines) is 1. The molecule has 0 spiro atoms. The van der Waals surface area contributed by atoms with Crippen LogP contribution in [0.1, 0.15) is 32.4 Å². The van der Waals surface area contributed by atoms with Crippen molar-refractivity contribution in [3.05, 3.63) is 30.1 Å². The number of hydrogen-bond donors (Lipinski definition) is 2. The maximum Gasteiger partial charge on any atom is 0.191 e. The van der Waals surface area contributed by atoms with Crippen molar-refractivity contribution < 1.29 is 0 Å². The zero-order valence-electron chi connectivity index (χ0n) is 14.8. The fourth-order valence-corrected chi connectivity index (χ4v) is 3.13. The number of aromatic nitrogens is 1. The van der Waals surface area contributed by atoms with Crippen molar-refractivity contribution in [1.29, 1.82) is 0 Å². The van der Waals surface area contributed by atoms with Crippen LogP contribution in [0.2, 0.25) is 0 Å². The third-order valence-corrected chi connectivity index (χ3v) is 4.23. The molecule has 1 fully saturated rings. The lowest BCUT2D eigenvalue weighted by Crippen LogP contribution is -2.46. The highest BCUT2D eigenvalue weighted by Crippen LogP contribution is 2.17. The van der Waals surface area contributed by atoms with Gasteiger partial charge in [-0.1, -0.05) is 19.9 Å². The maximum atomic E-state index is 4.34. The van der Waals surface area contributed by atoms with E-state index in [2.05, 4.69) is 45.4 Å². The molecule has 0 amide bonds. The van der Waals surface area contributed by atoms with Gasteiger partial charge in [-0.3, -0.25) is 14.9 Å². The van der Waals surface area contributed by atoms with Crippen molar-refractivity contribution in [1.82, 2.24) is 20.5 Å². The summed E-state index contributed by atoms with van der Waals surface area (Å²) in [5.74, 6) is 1.61. The predicted octanol–water partition coefficient (Wildman–Crippen LogP) is 1.91. The normalized spacial score (nSPS) is 19.3. The van der Waals surface area contributed by atoms with Crippen molar-refractivity contribution in [2.45, 2.75) is 39.2 Å². The van der Waals surface area contributed by atoms with Crippen LogP contribution in [0.4, 0.5) is 0 Å². The molecule has 1 saturated heterocycles. The van der Waals surface area contributed by atoms with E-state index in [1.165, 1.54) is 25.9 Å². The number of hydrogen-bond acceptors (Lipinski definition) is 3. The molecule has 2 heterocycles. The van der Waals surface area contributed by atoms with Gasteiger partial charge in [-0.05, 0) is 37.4 Å². The Kier molecular flexibility index (Phi) is 7.33. The molecule has 1 atom stereocenters. The van der Waals surface area contributed by atoms with Crippen LogP contribution >= 0.6 is 0 Å². The molecule has 23 heavy (non-hydrogen) atoms. The highest BCUT2D eigenvalue weighted by Gasteiger charge is 2.24. The summed E-state index contributed by atoms with van der Waals surface area (Å²) in [6, 6.07) is 6.66. The predicted molar refractivity (Wildman–Crippen MR) is 96.7 cm³/mol. The Bertz CT molecular complexity index is 472. The monoisotopic (exact) mass is 317 g/mol. The first-order valence-electron chi connectivity index (χ1n) is 8.77. The summed E-state index contributed by atoms with van der Waals surface area (Å²) in [4.78, 5) is 11.3. The Balaban J connectivity index is 1.70. The Labute approximate surface area is 140 Å². The van der Waals surface area contributed by atoms with Crippen molar-refractivity contribution in [2.24, 2.45) is 10.9 Å². The number of guanidine groups is 1. The summed E-state index contributed by atoms with van der Waals surface area (Å²) in [7, 11) is 1.83. The van der Waals surface area contributed by atoms with Crippen LogP contribution in [0.15, 0.2) is 29.4 Å². The minimum Gasteiger partial charge on any atom is -0.356 e. The number of pyridine rings is 1. The van der Waals surface area contributed by atoms with Crippen LogP contribution in [-0.4, -0.2) is 55.1 Å². The van der Waals surface area contributed by atoms with E-state index in [9.17, 15) is 0 Å². The second-order valence-corrected chi connectivity index (χ2v) is 6.64. The molecule has 1 aliphatic rings. The molecular weight excluding hydrogens is 286 g/mol. The second kappa shape index (κ2) is 9.50. The molecule has 0 aliphatic carbocycles. The molecule has 2 N–H and O–H groups in total. The summed E-state index contributed by atoms with van der Waals surface area (Å²) in [6.07, 6.45) is 5.34. The third-order valence-electron chi connectivity index (χ3n) is 4.23. The zero-order valence-corrected chi connectivity index (χ0v) is 14.8. The molecule has 5 heteroatoms. The van der Waals surface area contributed by atoms with Crippen LogP contribution in [0.25, 0.3) is 0 Å². The molecule has 0 saturated carbocycles. The van der Waals surface area contributed by atoms with Crippen LogP contribution in [-0.2, 0) is 6.42 Å². The molecule has 128 valence electrons. The fraction of sp³-hybridized carbons (Fsp3) is 0.667. The molecule has 0 radical (unpaired) electrons. The standard InChI is InChI=1S/C18H31N5/c1-15(2)14-23-12-6-8-17(23)13-22-18(19-3)21-11-9-16-7-4-5-10-20-16/h4-5,7,10,15,17H,6,8-9,11-14H2,1-3H3,(H2,19,21,22)/t17-/m1/s1. The highest BCUT2D eigenvalue weighted by molar-refractivity contribution is 5.79. The average Bonchev–Trinajstić information content (AvgIpc) is 2.98. The molecule has 1 aliphatic heterocycles. The number of aliphatic imine (C=N–C) groups is 1. The molecule has 0 unspecified atom stereocenters. The van der Waals surface area contributed by atoms with Crippen LogP contribution in [0, 0.1) is 5.92 Å². The smallest absolute Gasteiger partial charge is 0.191 e. The summed E-state index contributed by atoms with van der Waals surface area (Å²) in [5.41, 5.74) is 1.11. The van der Waals surface area contributed by atoms with Gasteiger partial charge in [0, 0.05) is 51.0 Å². The lowest BCUT2D eigenvalue weighted by Gasteiger charge is -2.27. The number of rotatable bonds is 7. The largest absolute Gasteiger partial charge is 0.356 e. The number of nitrogens with one attached hydrogen (secondary N) is 2. The average molecular weight is 317 g/mol. The Hall–Kier alpha value is -1.62. The molecule has 0 aromatic carbocycles. The van der Waals surface area contributed by atoms with Gasteiger partial charge in [0.05, 0.1) is 0 Å². The first-order valence-corrected chi connectivity index (χ1v) is 8.77. The van der Waals surface area contributed by atoms with Gasteiger partial charge < -0.3 is 10.6 Å². The third kappa shape index (κ3) is 6.18. The highest BCUT2D eigenvalue weighted by atomic mass is 15.2. The molecular formula is C18H31N5. The lowest BCUT2D eigenvalue weighted by molar-refractivity contribution is 0.226. The van der Waals surface area contributed by atoms with Gasteiger partial charge >= 0.3 is 0 Å². The molecule has 1 aromatic rings. The Morgan fingerprint density at radius 2 is 2.26 bits per heavy atom. The summed E-state index contributed by atoms with van der Waals surface area (Å²) in [6.45, 7) is 8.82. The molecule has 2 rings (SSSR count). The van der Waals surface area contributed by atoms with E-state index in [-0.39, 0.29) is 0 Å². The quantitative estimate of drug-likeness (QED) is 0.596. The van der Waals surface area contributed by atoms with E-state index >= 15 is 0 Å². The van der Waals surface area contributed by atoms with Crippen LogP contribution in [0.3, 0.4) is 0 Å². The Morgan fingerprint density at radius 1 is 1.39 bits per heavy atom. The number of nitrogens with zero attached hydrogens (tertiary/aromatic N) is 3. The summed E-state index contributed by atoms with van der Waals surface area (Å²) in [5, 5.41) is 6.86. The minimum absolute atomic E-state index is 0.631. The van der Waals surface area contributed by atoms with Gasteiger partial charge in [0.15, 0.2) is 5.96 Å². The van der Waals surface area contributed by atoms with E-state index in [1.807, 2.05) is 25.4 Å². The van der Waals surface area contributed by atoms with Crippen molar-refractivity contribution in [2.75, 3.05) is 33.2 Å². The van der Waals surface area contributed by atoms with Gasteiger partial charge in [0.2, 0.25) is 0 Å². The van der Waals surface area contributed by atoms with Crippen molar-refractivity contribution >= 4 is 5.96 Å². The van der Waals surface area contributed by atoms with E-state index in [0.29, 0.717) is 6.04 Å². The van der Waals surface area contributed by atoms with Gasteiger partial charge in [0.1, 0.15) is 0 Å². The van der Waals surface area contributed by atoms with Gasteiger partial charge in [-0.25, -0.2) is 0 Å². The molecule has 5 nitrogen and oxygen atoms in total. The van der Waals surface area contributed by atoms with E-state index < -0.39 is 0 Å². The second-order valence-electron chi connectivity index (χ2n) is 6.64. The Morgan fingerprint density at radius 3 is 2.96 bits per heavy atom. The SMILES string of the molecule is CN=C(NCCc1ccccn1)NC[C@H]1CCCN1CC(C)C. The maximum absolute atomic E-state index is 4.34. The molecule has 0 bridgehead atoms. The lowest BCUT2D eigenvalue weighted by atomic mass is 10.1. The summed E-state index contributed by atoms with van der Waals surface area (Å²) < 4.78 is 0. The zero-order chi connectivity index (χ0) is 16.5. The van der Waals surface area contributed by atoms with Gasteiger partial charge in [-0.15, -0.1) is 0 Å². The van der Waals surface area contributed by atoms with E-state index in [1.54, 1.807) is 0 Å².